The molecule has 1 saturated heterocycles. The molecule has 0 aromatic heterocycles. The Morgan fingerprint density at radius 1 is 1.20 bits per heavy atom. The van der Waals surface area contributed by atoms with Crippen LogP contribution in [-0.4, -0.2) is 61.7 Å². The molecule has 2 fully saturated rings. The molecule has 0 spiro atoms. The standard InChI is InChI=1S/C17H35N3/c1-5-7-15-8-9-16(18-3)17(12-15)20-11-6-10-19(4)13-14(20)2/h14-18H,5-13H2,1-4H3. The summed E-state index contributed by atoms with van der Waals surface area (Å²) in [6, 6.07) is 2.16. The summed E-state index contributed by atoms with van der Waals surface area (Å²) in [4.78, 5) is 5.33. The molecule has 1 aliphatic carbocycles. The van der Waals surface area contributed by atoms with Crippen molar-refractivity contribution in [2.24, 2.45) is 5.92 Å². The van der Waals surface area contributed by atoms with E-state index in [1.54, 1.807) is 0 Å². The summed E-state index contributed by atoms with van der Waals surface area (Å²) in [6.07, 6.45) is 8.30. The quantitative estimate of drug-likeness (QED) is 0.854. The van der Waals surface area contributed by atoms with Crippen LogP contribution < -0.4 is 5.32 Å². The summed E-state index contributed by atoms with van der Waals surface area (Å²) < 4.78 is 0. The first-order chi connectivity index (χ1) is 9.65. The van der Waals surface area contributed by atoms with Crippen LogP contribution in [0.15, 0.2) is 0 Å². The molecule has 2 rings (SSSR count). The zero-order chi connectivity index (χ0) is 14.5. The summed E-state index contributed by atoms with van der Waals surface area (Å²) in [7, 11) is 4.43. The lowest BCUT2D eigenvalue weighted by Gasteiger charge is -2.45. The van der Waals surface area contributed by atoms with E-state index in [1.807, 2.05) is 0 Å². The zero-order valence-corrected chi connectivity index (χ0v) is 14.1. The summed E-state index contributed by atoms with van der Waals surface area (Å²) >= 11 is 0. The van der Waals surface area contributed by atoms with Crippen molar-refractivity contribution in [3.63, 3.8) is 0 Å². The normalized spacial score (nSPS) is 37.8. The minimum atomic E-state index is 0.698. The number of hydrogen-bond donors (Lipinski definition) is 1. The van der Waals surface area contributed by atoms with Crippen LogP contribution in [0.1, 0.15) is 52.4 Å². The van der Waals surface area contributed by atoms with E-state index in [0.29, 0.717) is 12.1 Å². The van der Waals surface area contributed by atoms with Crippen LogP contribution in [0.2, 0.25) is 0 Å². The minimum Gasteiger partial charge on any atom is -0.315 e. The van der Waals surface area contributed by atoms with Gasteiger partial charge in [0.1, 0.15) is 0 Å². The molecule has 0 amide bonds. The molecular weight excluding hydrogens is 246 g/mol. The lowest BCUT2D eigenvalue weighted by atomic mass is 9.79. The van der Waals surface area contributed by atoms with E-state index in [0.717, 1.165) is 12.0 Å². The smallest absolute Gasteiger partial charge is 0.0255 e. The zero-order valence-electron chi connectivity index (χ0n) is 14.1. The van der Waals surface area contributed by atoms with Gasteiger partial charge in [0.15, 0.2) is 0 Å². The highest BCUT2D eigenvalue weighted by Gasteiger charge is 2.36. The van der Waals surface area contributed by atoms with Crippen molar-refractivity contribution in [2.45, 2.75) is 70.5 Å². The fourth-order valence-corrected chi connectivity index (χ4v) is 4.49. The Hall–Kier alpha value is -0.120. The second kappa shape index (κ2) is 7.77. The molecule has 3 heteroatoms. The molecule has 0 bridgehead atoms. The first-order valence-corrected chi connectivity index (χ1v) is 8.77. The molecule has 4 unspecified atom stereocenters. The second-order valence-corrected chi connectivity index (χ2v) is 7.13. The van der Waals surface area contributed by atoms with E-state index in [1.165, 1.54) is 58.2 Å². The van der Waals surface area contributed by atoms with E-state index in [9.17, 15) is 0 Å². The largest absolute Gasteiger partial charge is 0.315 e. The monoisotopic (exact) mass is 281 g/mol. The van der Waals surface area contributed by atoms with Gasteiger partial charge in [-0.25, -0.2) is 0 Å². The van der Waals surface area contributed by atoms with Crippen molar-refractivity contribution in [3.05, 3.63) is 0 Å². The van der Waals surface area contributed by atoms with Crippen molar-refractivity contribution in [1.82, 2.24) is 15.1 Å². The second-order valence-electron chi connectivity index (χ2n) is 7.13. The van der Waals surface area contributed by atoms with Gasteiger partial charge in [-0.1, -0.05) is 19.8 Å². The fourth-order valence-electron chi connectivity index (χ4n) is 4.49. The minimum absolute atomic E-state index is 0.698. The SMILES string of the molecule is CCCC1CCC(NC)C(N2CCCN(C)CC2C)C1. The predicted molar refractivity (Wildman–Crippen MR) is 87.2 cm³/mol. The van der Waals surface area contributed by atoms with Gasteiger partial charge in [0.2, 0.25) is 0 Å². The Bertz CT molecular complexity index is 281. The highest BCUT2D eigenvalue weighted by atomic mass is 15.3. The number of nitrogens with zero attached hydrogens (tertiary/aromatic N) is 2. The van der Waals surface area contributed by atoms with Crippen LogP contribution in [0.5, 0.6) is 0 Å². The van der Waals surface area contributed by atoms with Crippen molar-refractivity contribution in [3.8, 4) is 0 Å². The predicted octanol–water partition coefficient (Wildman–Crippen LogP) is 2.57. The van der Waals surface area contributed by atoms with Gasteiger partial charge in [0.05, 0.1) is 0 Å². The van der Waals surface area contributed by atoms with E-state index in [-0.39, 0.29) is 0 Å². The van der Waals surface area contributed by atoms with Gasteiger partial charge in [-0.3, -0.25) is 4.90 Å². The Balaban J connectivity index is 2.04. The maximum Gasteiger partial charge on any atom is 0.0255 e. The molecule has 118 valence electrons. The Kier molecular flexibility index (Phi) is 6.31. The molecule has 1 heterocycles. The van der Waals surface area contributed by atoms with Gasteiger partial charge in [-0.2, -0.15) is 0 Å². The van der Waals surface area contributed by atoms with Crippen molar-refractivity contribution in [1.29, 1.82) is 0 Å². The molecule has 4 atom stereocenters. The van der Waals surface area contributed by atoms with Crippen LogP contribution in [-0.2, 0) is 0 Å². The molecule has 1 N–H and O–H groups in total. The van der Waals surface area contributed by atoms with Gasteiger partial charge < -0.3 is 10.2 Å². The number of rotatable bonds is 4. The van der Waals surface area contributed by atoms with Gasteiger partial charge >= 0.3 is 0 Å². The maximum absolute atomic E-state index is 3.61. The van der Waals surface area contributed by atoms with Gasteiger partial charge in [-0.15, -0.1) is 0 Å². The third-order valence-electron chi connectivity index (χ3n) is 5.52. The lowest BCUT2D eigenvalue weighted by molar-refractivity contribution is 0.0675. The Morgan fingerprint density at radius 2 is 2.00 bits per heavy atom. The van der Waals surface area contributed by atoms with Crippen molar-refractivity contribution in [2.75, 3.05) is 33.7 Å². The Morgan fingerprint density at radius 3 is 2.70 bits per heavy atom. The average Bonchev–Trinajstić information content (AvgIpc) is 2.59. The van der Waals surface area contributed by atoms with E-state index >= 15 is 0 Å². The van der Waals surface area contributed by atoms with Crippen LogP contribution >= 0.6 is 0 Å². The van der Waals surface area contributed by atoms with Crippen molar-refractivity contribution >= 4 is 0 Å². The van der Waals surface area contributed by atoms with E-state index in [4.69, 9.17) is 0 Å². The third-order valence-corrected chi connectivity index (χ3v) is 5.52. The highest BCUT2D eigenvalue weighted by Crippen LogP contribution is 2.32. The first-order valence-electron chi connectivity index (χ1n) is 8.77. The molecule has 0 radical (unpaired) electrons. The van der Waals surface area contributed by atoms with Crippen LogP contribution in [0.25, 0.3) is 0 Å². The van der Waals surface area contributed by atoms with Gasteiger partial charge in [-0.05, 0) is 59.2 Å². The van der Waals surface area contributed by atoms with Gasteiger partial charge in [0, 0.05) is 31.2 Å². The fraction of sp³-hybridized carbons (Fsp3) is 1.00. The molecule has 20 heavy (non-hydrogen) atoms. The molecule has 0 aromatic rings. The molecule has 0 aromatic carbocycles. The molecule has 1 saturated carbocycles. The van der Waals surface area contributed by atoms with Crippen LogP contribution in [0, 0.1) is 5.92 Å². The summed E-state index contributed by atoms with van der Waals surface area (Å²) in [5.74, 6) is 0.961. The van der Waals surface area contributed by atoms with Crippen LogP contribution in [0.4, 0.5) is 0 Å². The number of likely N-dealkylation sites (N-methyl/N-ethyl adjacent to an activating group) is 2. The maximum atomic E-state index is 3.61. The molecule has 1 aliphatic heterocycles. The highest BCUT2D eigenvalue weighted by molar-refractivity contribution is 4.93. The molecule has 2 aliphatic rings. The summed E-state index contributed by atoms with van der Waals surface area (Å²) in [6.45, 7) is 8.54. The summed E-state index contributed by atoms with van der Waals surface area (Å²) in [5.41, 5.74) is 0. The Labute approximate surface area is 126 Å². The lowest BCUT2D eigenvalue weighted by Crippen LogP contribution is -2.56. The average molecular weight is 281 g/mol. The van der Waals surface area contributed by atoms with Gasteiger partial charge in [0.25, 0.3) is 0 Å². The number of nitrogens with one attached hydrogen (secondary N) is 1. The van der Waals surface area contributed by atoms with Crippen LogP contribution in [0.3, 0.4) is 0 Å². The molecular formula is C17H35N3. The van der Waals surface area contributed by atoms with E-state index < -0.39 is 0 Å². The van der Waals surface area contributed by atoms with E-state index in [2.05, 4.69) is 43.1 Å². The third kappa shape index (κ3) is 3.96. The van der Waals surface area contributed by atoms with Crippen molar-refractivity contribution < 1.29 is 0 Å². The summed E-state index contributed by atoms with van der Waals surface area (Å²) in [5, 5.41) is 3.61. The topological polar surface area (TPSA) is 18.5 Å². The number of hydrogen-bond acceptors (Lipinski definition) is 3. The first kappa shape index (κ1) is 16.3. The molecule has 3 nitrogen and oxygen atoms in total.